The van der Waals surface area contributed by atoms with Gasteiger partial charge in [-0.15, -0.1) is 0 Å². The van der Waals surface area contributed by atoms with Crippen molar-refractivity contribution < 1.29 is 19.2 Å². The monoisotopic (exact) mass is 302 g/mol. The van der Waals surface area contributed by atoms with E-state index in [4.69, 9.17) is 4.74 Å². The molecule has 2 rings (SSSR count). The van der Waals surface area contributed by atoms with E-state index in [1.165, 1.54) is 19.2 Å². The standard InChI is InChI=1S/C15H14N2O5/c1-21-15(18)16-12-5-7-14(8-6-12)22-10-11-3-2-4-13(9-11)17(19)20/h2-9H,10H2,1H3,(H,16,18). The zero-order chi connectivity index (χ0) is 15.9. The number of nitro benzene ring substituents is 1. The number of non-ortho nitro benzene ring substituents is 1. The Morgan fingerprint density at radius 2 is 1.95 bits per heavy atom. The van der Waals surface area contributed by atoms with Crippen LogP contribution in [0.3, 0.4) is 0 Å². The molecule has 0 bridgehead atoms. The van der Waals surface area contributed by atoms with E-state index in [-0.39, 0.29) is 12.3 Å². The molecule has 0 aliphatic carbocycles. The van der Waals surface area contributed by atoms with Crippen LogP contribution in [-0.2, 0) is 11.3 Å². The molecule has 0 saturated carbocycles. The highest BCUT2D eigenvalue weighted by atomic mass is 16.6. The minimum atomic E-state index is -0.551. The highest BCUT2D eigenvalue weighted by Crippen LogP contribution is 2.19. The summed E-state index contributed by atoms with van der Waals surface area (Å²) in [4.78, 5) is 21.3. The number of amides is 1. The minimum Gasteiger partial charge on any atom is -0.489 e. The van der Waals surface area contributed by atoms with Crippen molar-refractivity contribution in [2.75, 3.05) is 12.4 Å². The van der Waals surface area contributed by atoms with Gasteiger partial charge in [-0.3, -0.25) is 15.4 Å². The number of hydrogen-bond donors (Lipinski definition) is 1. The highest BCUT2D eigenvalue weighted by molar-refractivity contribution is 5.84. The van der Waals surface area contributed by atoms with Crippen LogP contribution in [0.25, 0.3) is 0 Å². The van der Waals surface area contributed by atoms with Gasteiger partial charge in [-0.05, 0) is 29.8 Å². The molecule has 0 aliphatic heterocycles. The van der Waals surface area contributed by atoms with Crippen LogP contribution in [-0.4, -0.2) is 18.1 Å². The van der Waals surface area contributed by atoms with E-state index in [2.05, 4.69) is 10.1 Å². The van der Waals surface area contributed by atoms with Gasteiger partial charge < -0.3 is 9.47 Å². The van der Waals surface area contributed by atoms with Crippen LogP contribution in [0.2, 0.25) is 0 Å². The average molecular weight is 302 g/mol. The Hall–Kier alpha value is -3.09. The zero-order valence-electron chi connectivity index (χ0n) is 11.8. The number of nitrogens with one attached hydrogen (secondary N) is 1. The first-order chi connectivity index (χ1) is 10.6. The number of nitrogens with zero attached hydrogens (tertiary/aromatic N) is 1. The molecule has 7 heteroatoms. The molecular weight excluding hydrogens is 288 g/mol. The van der Waals surface area contributed by atoms with E-state index in [1.807, 2.05) is 0 Å². The minimum absolute atomic E-state index is 0.0266. The predicted molar refractivity (Wildman–Crippen MR) is 79.9 cm³/mol. The quantitative estimate of drug-likeness (QED) is 0.675. The molecule has 0 unspecified atom stereocenters. The lowest BCUT2D eigenvalue weighted by Crippen LogP contribution is -2.10. The number of rotatable bonds is 5. The van der Waals surface area contributed by atoms with E-state index in [0.717, 1.165) is 0 Å². The molecule has 0 atom stereocenters. The van der Waals surface area contributed by atoms with Crippen LogP contribution in [0.5, 0.6) is 5.75 Å². The van der Waals surface area contributed by atoms with Crippen molar-refractivity contribution in [3.63, 3.8) is 0 Å². The maximum atomic E-state index is 11.0. The van der Waals surface area contributed by atoms with Gasteiger partial charge in [0.15, 0.2) is 0 Å². The van der Waals surface area contributed by atoms with Crippen molar-refractivity contribution >= 4 is 17.5 Å². The molecule has 7 nitrogen and oxygen atoms in total. The topological polar surface area (TPSA) is 90.7 Å². The molecule has 22 heavy (non-hydrogen) atoms. The molecule has 1 amide bonds. The predicted octanol–water partition coefficient (Wildman–Crippen LogP) is 3.35. The molecule has 0 radical (unpaired) electrons. The van der Waals surface area contributed by atoms with Gasteiger partial charge in [0.25, 0.3) is 5.69 Å². The van der Waals surface area contributed by atoms with Crippen molar-refractivity contribution in [1.29, 1.82) is 0 Å². The number of nitro groups is 1. The van der Waals surface area contributed by atoms with Crippen LogP contribution in [0.15, 0.2) is 48.5 Å². The van der Waals surface area contributed by atoms with Gasteiger partial charge in [-0.2, -0.15) is 0 Å². The normalized spacial score (nSPS) is 9.86. The van der Waals surface area contributed by atoms with Crippen molar-refractivity contribution in [1.82, 2.24) is 0 Å². The van der Waals surface area contributed by atoms with Crippen LogP contribution >= 0.6 is 0 Å². The Kier molecular flexibility index (Phi) is 4.92. The van der Waals surface area contributed by atoms with E-state index < -0.39 is 11.0 Å². The SMILES string of the molecule is COC(=O)Nc1ccc(OCc2cccc([N+](=O)[O-])c2)cc1. The van der Waals surface area contributed by atoms with E-state index >= 15 is 0 Å². The van der Waals surface area contributed by atoms with Gasteiger partial charge >= 0.3 is 6.09 Å². The molecule has 0 spiro atoms. The second-order valence-corrected chi connectivity index (χ2v) is 4.36. The molecule has 2 aromatic carbocycles. The van der Waals surface area contributed by atoms with Crippen molar-refractivity contribution in [3.05, 3.63) is 64.2 Å². The number of carbonyl (C=O) groups excluding carboxylic acids is 1. The largest absolute Gasteiger partial charge is 0.489 e. The van der Waals surface area contributed by atoms with Gasteiger partial charge in [-0.1, -0.05) is 12.1 Å². The third-order valence-electron chi connectivity index (χ3n) is 2.81. The summed E-state index contributed by atoms with van der Waals surface area (Å²) in [5.74, 6) is 0.585. The van der Waals surface area contributed by atoms with Gasteiger partial charge in [-0.25, -0.2) is 4.79 Å². The third-order valence-corrected chi connectivity index (χ3v) is 2.81. The smallest absolute Gasteiger partial charge is 0.411 e. The van der Waals surface area contributed by atoms with Crippen molar-refractivity contribution in [2.45, 2.75) is 6.61 Å². The second kappa shape index (κ2) is 7.07. The summed E-state index contributed by atoms with van der Waals surface area (Å²) in [5.41, 5.74) is 1.30. The summed E-state index contributed by atoms with van der Waals surface area (Å²) in [7, 11) is 1.28. The van der Waals surface area contributed by atoms with E-state index in [1.54, 1.807) is 36.4 Å². The number of carbonyl (C=O) groups is 1. The second-order valence-electron chi connectivity index (χ2n) is 4.36. The molecule has 0 saturated heterocycles. The number of ether oxygens (including phenoxy) is 2. The lowest BCUT2D eigenvalue weighted by atomic mass is 10.2. The fourth-order valence-electron chi connectivity index (χ4n) is 1.73. The Morgan fingerprint density at radius 1 is 1.23 bits per heavy atom. The first-order valence-electron chi connectivity index (χ1n) is 6.39. The molecule has 0 heterocycles. The Labute approximate surface area is 126 Å². The lowest BCUT2D eigenvalue weighted by molar-refractivity contribution is -0.384. The summed E-state index contributed by atoms with van der Waals surface area (Å²) in [5, 5.41) is 13.2. The van der Waals surface area contributed by atoms with Gasteiger partial charge in [0.1, 0.15) is 12.4 Å². The Morgan fingerprint density at radius 3 is 2.59 bits per heavy atom. The van der Waals surface area contributed by atoms with E-state index in [9.17, 15) is 14.9 Å². The fourth-order valence-corrected chi connectivity index (χ4v) is 1.73. The molecule has 1 N–H and O–H groups in total. The van der Waals surface area contributed by atoms with Crippen molar-refractivity contribution in [2.24, 2.45) is 0 Å². The summed E-state index contributed by atoms with van der Waals surface area (Å²) < 4.78 is 10.0. The van der Waals surface area contributed by atoms with Crippen LogP contribution in [0.4, 0.5) is 16.2 Å². The van der Waals surface area contributed by atoms with Crippen LogP contribution in [0, 0.1) is 10.1 Å². The van der Waals surface area contributed by atoms with E-state index in [0.29, 0.717) is 17.0 Å². The number of methoxy groups -OCH3 is 1. The van der Waals surface area contributed by atoms with Crippen LogP contribution in [0.1, 0.15) is 5.56 Å². The number of hydrogen-bond acceptors (Lipinski definition) is 5. The Balaban J connectivity index is 1.95. The number of anilines is 1. The summed E-state index contributed by atoms with van der Waals surface area (Å²) in [6.45, 7) is 0.214. The molecule has 0 fully saturated rings. The third kappa shape index (κ3) is 4.20. The fraction of sp³-hybridized carbons (Fsp3) is 0.133. The number of benzene rings is 2. The molecule has 2 aromatic rings. The maximum absolute atomic E-state index is 11.0. The van der Waals surface area contributed by atoms with Gasteiger partial charge in [0, 0.05) is 17.8 Å². The van der Waals surface area contributed by atoms with Gasteiger partial charge in [0.05, 0.1) is 12.0 Å². The lowest BCUT2D eigenvalue weighted by Gasteiger charge is -2.08. The maximum Gasteiger partial charge on any atom is 0.411 e. The summed E-state index contributed by atoms with van der Waals surface area (Å²) in [6.07, 6.45) is -0.551. The first-order valence-corrected chi connectivity index (χ1v) is 6.39. The first kappa shape index (κ1) is 15.3. The molecule has 0 aliphatic rings. The average Bonchev–Trinajstić information content (AvgIpc) is 2.54. The molecular formula is C15H14N2O5. The zero-order valence-corrected chi connectivity index (χ0v) is 11.8. The van der Waals surface area contributed by atoms with Crippen LogP contribution < -0.4 is 10.1 Å². The summed E-state index contributed by atoms with van der Waals surface area (Å²) >= 11 is 0. The van der Waals surface area contributed by atoms with Crippen molar-refractivity contribution in [3.8, 4) is 5.75 Å². The van der Waals surface area contributed by atoms with Gasteiger partial charge in [0.2, 0.25) is 0 Å². The molecule has 0 aromatic heterocycles. The highest BCUT2D eigenvalue weighted by Gasteiger charge is 2.06. The summed E-state index contributed by atoms with van der Waals surface area (Å²) in [6, 6.07) is 13.0. The Bertz CT molecular complexity index is 670. The molecule has 114 valence electrons.